The van der Waals surface area contributed by atoms with Crippen molar-refractivity contribution in [3.05, 3.63) is 82.6 Å². The molecule has 0 N–H and O–H groups in total. The van der Waals surface area contributed by atoms with Gasteiger partial charge in [-0.1, -0.05) is 17.7 Å². The van der Waals surface area contributed by atoms with Crippen molar-refractivity contribution in [2.45, 2.75) is 17.6 Å². The molecule has 0 bridgehead atoms. The first-order chi connectivity index (χ1) is 16.9. The number of ether oxygens (including phenoxy) is 1. The lowest BCUT2D eigenvalue weighted by molar-refractivity contribution is -0.137. The Morgan fingerprint density at radius 1 is 1.11 bits per heavy atom. The molecule has 188 valence electrons. The van der Waals surface area contributed by atoms with E-state index in [-0.39, 0.29) is 22.8 Å². The third-order valence-corrected chi connectivity index (χ3v) is 7.41. The maximum atomic E-state index is 13.7. The Kier molecular flexibility index (Phi) is 6.67. The molecule has 0 saturated heterocycles. The highest BCUT2D eigenvalue weighted by Gasteiger charge is 2.34. The van der Waals surface area contributed by atoms with Crippen LogP contribution < -0.4 is 4.31 Å². The number of aromatic nitrogens is 3. The standard InChI is InChI=1S/C23H18ClF3N4O4S/c1-30-20-8-3-14(9-16(20)11-29-30)13-31(21-19(24)10-17(12-28-21)23(25,26)27)36(33,34)18-6-4-15(5-7-18)22(32)35-2/h3-12H,13H2,1-2H3. The molecule has 2 heterocycles. The van der Waals surface area contributed by atoms with Gasteiger partial charge in [0.2, 0.25) is 0 Å². The van der Waals surface area contributed by atoms with E-state index in [1.807, 2.05) is 0 Å². The van der Waals surface area contributed by atoms with E-state index in [9.17, 15) is 26.4 Å². The third-order valence-electron chi connectivity index (χ3n) is 5.39. The number of anilines is 1. The summed E-state index contributed by atoms with van der Waals surface area (Å²) >= 11 is 6.13. The van der Waals surface area contributed by atoms with Gasteiger partial charge in [-0.2, -0.15) is 18.3 Å². The second-order valence-electron chi connectivity index (χ2n) is 7.72. The van der Waals surface area contributed by atoms with Crippen LogP contribution in [-0.2, 0) is 34.5 Å². The fraction of sp³-hybridized carbons (Fsp3) is 0.174. The summed E-state index contributed by atoms with van der Waals surface area (Å²) in [6, 6.07) is 10.7. The van der Waals surface area contributed by atoms with Crippen LogP contribution in [0.3, 0.4) is 0 Å². The molecule has 0 aliphatic carbocycles. The van der Waals surface area contributed by atoms with Crippen molar-refractivity contribution in [2.75, 3.05) is 11.4 Å². The number of nitrogens with zero attached hydrogens (tertiary/aromatic N) is 4. The Bertz CT molecular complexity index is 1550. The zero-order chi connectivity index (χ0) is 26.3. The van der Waals surface area contributed by atoms with Gasteiger partial charge in [-0.15, -0.1) is 0 Å². The van der Waals surface area contributed by atoms with Crippen LogP contribution in [-0.4, -0.2) is 36.3 Å². The van der Waals surface area contributed by atoms with E-state index in [0.29, 0.717) is 17.8 Å². The SMILES string of the molecule is COC(=O)c1ccc(S(=O)(=O)N(Cc2ccc3c(cnn3C)c2)c2ncc(C(F)(F)F)cc2Cl)cc1. The van der Waals surface area contributed by atoms with Crippen LogP contribution in [0.15, 0.2) is 65.8 Å². The van der Waals surface area contributed by atoms with E-state index >= 15 is 0 Å². The first-order valence-corrected chi connectivity index (χ1v) is 12.1. The molecule has 2 aromatic carbocycles. The monoisotopic (exact) mass is 538 g/mol. The quantitative estimate of drug-likeness (QED) is 0.327. The average Bonchev–Trinajstić information content (AvgIpc) is 3.21. The van der Waals surface area contributed by atoms with Gasteiger partial charge in [0, 0.05) is 18.6 Å². The van der Waals surface area contributed by atoms with Crippen molar-refractivity contribution in [3.8, 4) is 0 Å². The smallest absolute Gasteiger partial charge is 0.417 e. The molecule has 0 radical (unpaired) electrons. The Balaban J connectivity index is 1.81. The van der Waals surface area contributed by atoms with Gasteiger partial charge in [0.05, 0.1) is 46.4 Å². The highest BCUT2D eigenvalue weighted by molar-refractivity contribution is 7.92. The van der Waals surface area contributed by atoms with Gasteiger partial charge in [0.15, 0.2) is 5.82 Å². The minimum Gasteiger partial charge on any atom is -0.465 e. The second kappa shape index (κ2) is 9.43. The Morgan fingerprint density at radius 2 is 1.81 bits per heavy atom. The number of sulfonamides is 1. The van der Waals surface area contributed by atoms with Crippen molar-refractivity contribution in [1.29, 1.82) is 0 Å². The van der Waals surface area contributed by atoms with E-state index in [2.05, 4.69) is 14.8 Å². The number of carbonyl (C=O) groups is 1. The minimum atomic E-state index is -4.71. The minimum absolute atomic E-state index is 0.121. The van der Waals surface area contributed by atoms with Crippen LogP contribution in [0.4, 0.5) is 19.0 Å². The molecule has 36 heavy (non-hydrogen) atoms. The highest BCUT2D eigenvalue weighted by atomic mass is 35.5. The van der Waals surface area contributed by atoms with Gasteiger partial charge in [0.1, 0.15) is 0 Å². The number of alkyl halides is 3. The normalized spacial score (nSPS) is 12.1. The summed E-state index contributed by atoms with van der Waals surface area (Å²) in [5, 5.41) is 4.39. The molecule has 0 atom stereocenters. The van der Waals surface area contributed by atoms with E-state index < -0.39 is 32.8 Å². The lowest BCUT2D eigenvalue weighted by Gasteiger charge is -2.25. The first-order valence-electron chi connectivity index (χ1n) is 10.3. The molecule has 13 heteroatoms. The molecular weight excluding hydrogens is 521 g/mol. The Hall–Kier alpha value is -3.64. The summed E-state index contributed by atoms with van der Waals surface area (Å²) < 4.78 is 73.9. The summed E-state index contributed by atoms with van der Waals surface area (Å²) in [7, 11) is -1.45. The fourth-order valence-corrected chi connectivity index (χ4v) is 5.27. The molecule has 0 saturated carbocycles. The Labute approximate surface area is 208 Å². The highest BCUT2D eigenvalue weighted by Crippen LogP contribution is 2.36. The second-order valence-corrected chi connectivity index (χ2v) is 9.99. The van der Waals surface area contributed by atoms with Gasteiger partial charge in [0.25, 0.3) is 10.0 Å². The van der Waals surface area contributed by atoms with Crippen molar-refractivity contribution in [2.24, 2.45) is 7.05 Å². The van der Waals surface area contributed by atoms with Crippen LogP contribution in [0.25, 0.3) is 10.9 Å². The number of esters is 1. The number of pyridine rings is 1. The van der Waals surface area contributed by atoms with E-state index in [1.165, 1.54) is 31.4 Å². The van der Waals surface area contributed by atoms with Crippen molar-refractivity contribution >= 4 is 44.3 Å². The zero-order valence-corrected chi connectivity index (χ0v) is 20.4. The number of hydrogen-bond donors (Lipinski definition) is 0. The molecule has 0 spiro atoms. The lowest BCUT2D eigenvalue weighted by Crippen LogP contribution is -2.32. The molecular formula is C23H18ClF3N4O4S. The zero-order valence-electron chi connectivity index (χ0n) is 18.8. The number of benzene rings is 2. The van der Waals surface area contributed by atoms with E-state index in [0.717, 1.165) is 15.2 Å². The molecule has 0 fully saturated rings. The summed E-state index contributed by atoms with van der Waals surface area (Å²) in [5.74, 6) is -1.04. The number of carbonyl (C=O) groups excluding carboxylic acids is 1. The number of halogens is 4. The largest absolute Gasteiger partial charge is 0.465 e. The predicted molar refractivity (Wildman–Crippen MR) is 126 cm³/mol. The molecule has 0 aliphatic rings. The summed E-state index contributed by atoms with van der Waals surface area (Å²) in [6.45, 7) is -0.288. The van der Waals surface area contributed by atoms with Crippen molar-refractivity contribution < 1.29 is 31.1 Å². The average molecular weight is 539 g/mol. The molecule has 2 aromatic heterocycles. The van der Waals surface area contributed by atoms with Gasteiger partial charge >= 0.3 is 12.1 Å². The maximum absolute atomic E-state index is 13.7. The van der Waals surface area contributed by atoms with Crippen molar-refractivity contribution in [3.63, 3.8) is 0 Å². The van der Waals surface area contributed by atoms with Gasteiger partial charge < -0.3 is 4.74 Å². The summed E-state index contributed by atoms with van der Waals surface area (Å²) in [5.41, 5.74) is 0.323. The maximum Gasteiger partial charge on any atom is 0.417 e. The van der Waals surface area contributed by atoms with E-state index in [4.69, 9.17) is 11.6 Å². The molecule has 4 rings (SSSR count). The molecule has 8 nitrogen and oxygen atoms in total. The molecule has 0 aliphatic heterocycles. The first kappa shape index (κ1) is 25.5. The lowest BCUT2D eigenvalue weighted by atomic mass is 10.1. The molecule has 0 unspecified atom stereocenters. The summed E-state index contributed by atoms with van der Waals surface area (Å²) in [4.78, 5) is 15.3. The summed E-state index contributed by atoms with van der Waals surface area (Å²) in [6.07, 6.45) is -2.59. The molecule has 4 aromatic rings. The van der Waals surface area contributed by atoms with Crippen LogP contribution in [0.2, 0.25) is 5.02 Å². The van der Waals surface area contributed by atoms with E-state index in [1.54, 1.807) is 36.1 Å². The van der Waals surface area contributed by atoms with Crippen molar-refractivity contribution in [1.82, 2.24) is 14.8 Å². The number of aryl methyl sites for hydroxylation is 1. The number of hydrogen-bond acceptors (Lipinski definition) is 6. The number of fused-ring (bicyclic) bond motifs is 1. The van der Waals surface area contributed by atoms with Gasteiger partial charge in [-0.25, -0.2) is 22.5 Å². The fourth-order valence-electron chi connectivity index (χ4n) is 3.53. The predicted octanol–water partition coefficient (Wildman–Crippen LogP) is 4.82. The van der Waals surface area contributed by atoms with Crippen LogP contribution in [0, 0.1) is 0 Å². The van der Waals surface area contributed by atoms with Crippen LogP contribution >= 0.6 is 11.6 Å². The van der Waals surface area contributed by atoms with Gasteiger partial charge in [-0.05, 0) is 48.0 Å². The molecule has 0 amide bonds. The van der Waals surface area contributed by atoms with Crippen LogP contribution in [0.5, 0.6) is 0 Å². The number of methoxy groups -OCH3 is 1. The van der Waals surface area contributed by atoms with Crippen LogP contribution in [0.1, 0.15) is 21.5 Å². The third kappa shape index (κ3) is 4.86. The Morgan fingerprint density at radius 3 is 2.42 bits per heavy atom. The number of rotatable bonds is 6. The van der Waals surface area contributed by atoms with Gasteiger partial charge in [-0.3, -0.25) is 4.68 Å². The topological polar surface area (TPSA) is 94.4 Å².